The molecule has 18 heavy (non-hydrogen) atoms. The van der Waals surface area contributed by atoms with Crippen LogP contribution in [0, 0.1) is 6.92 Å². The number of hydrogen-bond acceptors (Lipinski definition) is 4. The van der Waals surface area contributed by atoms with E-state index in [0.717, 1.165) is 33.6 Å². The van der Waals surface area contributed by atoms with Crippen molar-refractivity contribution < 1.29 is 0 Å². The molecule has 5 heteroatoms. The third kappa shape index (κ3) is 3.16. The molecule has 0 spiro atoms. The van der Waals surface area contributed by atoms with Crippen LogP contribution in [0.2, 0.25) is 0 Å². The summed E-state index contributed by atoms with van der Waals surface area (Å²) in [4.78, 5) is 1.28. The zero-order valence-electron chi connectivity index (χ0n) is 10.5. The second-order valence-electron chi connectivity index (χ2n) is 4.26. The lowest BCUT2D eigenvalue weighted by Gasteiger charge is -2.14. The van der Waals surface area contributed by atoms with Crippen LogP contribution < -0.4 is 5.73 Å². The number of nitrogens with zero attached hydrogens (tertiary/aromatic N) is 2. The highest BCUT2D eigenvalue weighted by molar-refractivity contribution is 9.11. The molecule has 1 atom stereocenters. The van der Waals surface area contributed by atoms with E-state index in [2.05, 4.69) is 51.3 Å². The zero-order valence-corrected chi connectivity index (χ0v) is 12.9. The molecule has 2 N–H and O–H groups in total. The van der Waals surface area contributed by atoms with Crippen molar-refractivity contribution in [2.45, 2.75) is 32.7 Å². The van der Waals surface area contributed by atoms with E-state index in [9.17, 15) is 0 Å². The molecule has 0 aliphatic heterocycles. The van der Waals surface area contributed by atoms with E-state index in [1.54, 1.807) is 11.3 Å². The topological polar surface area (TPSA) is 51.8 Å². The van der Waals surface area contributed by atoms with Gasteiger partial charge in [0.2, 0.25) is 0 Å². The lowest BCUT2D eigenvalue weighted by Crippen LogP contribution is -2.16. The van der Waals surface area contributed by atoms with Crippen LogP contribution >= 0.6 is 27.3 Å². The molecule has 0 saturated carbocycles. The minimum absolute atomic E-state index is 0.0142. The fourth-order valence-corrected chi connectivity index (χ4v) is 3.46. The summed E-state index contributed by atoms with van der Waals surface area (Å²) in [5.74, 6) is 0. The van der Waals surface area contributed by atoms with Crippen molar-refractivity contribution in [2.75, 3.05) is 0 Å². The van der Waals surface area contributed by atoms with Crippen LogP contribution in [0.25, 0.3) is 0 Å². The Kier molecular flexibility index (Phi) is 4.48. The fraction of sp³-hybridized carbons (Fsp3) is 0.385. The maximum Gasteiger partial charge on any atom is 0.0701 e. The van der Waals surface area contributed by atoms with Crippen LogP contribution in [0.15, 0.2) is 22.0 Å². The van der Waals surface area contributed by atoms with E-state index in [-0.39, 0.29) is 6.04 Å². The number of rotatable bonds is 4. The molecule has 2 rings (SSSR count). The van der Waals surface area contributed by atoms with E-state index in [0.29, 0.717) is 0 Å². The van der Waals surface area contributed by atoms with Crippen molar-refractivity contribution in [3.63, 3.8) is 0 Å². The summed E-state index contributed by atoms with van der Waals surface area (Å²) in [6.07, 6.45) is 1.71. The maximum atomic E-state index is 6.31. The molecule has 1 unspecified atom stereocenters. The van der Waals surface area contributed by atoms with E-state index in [1.807, 2.05) is 6.92 Å². The quantitative estimate of drug-likeness (QED) is 0.937. The molecule has 0 amide bonds. The van der Waals surface area contributed by atoms with Crippen LogP contribution in [0.3, 0.4) is 0 Å². The minimum atomic E-state index is -0.0142. The summed E-state index contributed by atoms with van der Waals surface area (Å²) in [6, 6.07) is 6.21. The summed E-state index contributed by atoms with van der Waals surface area (Å²) >= 11 is 5.20. The molecule has 0 aliphatic carbocycles. The summed E-state index contributed by atoms with van der Waals surface area (Å²) in [5.41, 5.74) is 9.35. The van der Waals surface area contributed by atoms with Gasteiger partial charge in [-0.15, -0.1) is 11.3 Å². The average Bonchev–Trinajstić information content (AvgIpc) is 2.74. The number of nitrogens with two attached hydrogens (primary N) is 1. The van der Waals surface area contributed by atoms with Gasteiger partial charge in [0.05, 0.1) is 15.2 Å². The van der Waals surface area contributed by atoms with Crippen molar-refractivity contribution in [3.8, 4) is 0 Å². The van der Waals surface area contributed by atoms with Crippen molar-refractivity contribution in [3.05, 3.63) is 43.8 Å². The summed E-state index contributed by atoms with van der Waals surface area (Å²) in [7, 11) is 0. The van der Waals surface area contributed by atoms with Gasteiger partial charge in [-0.3, -0.25) is 0 Å². The van der Waals surface area contributed by atoms with E-state index in [1.165, 1.54) is 4.88 Å². The third-order valence-electron chi connectivity index (χ3n) is 2.81. The van der Waals surface area contributed by atoms with Gasteiger partial charge in [-0.1, -0.05) is 6.92 Å². The Labute approximate surface area is 120 Å². The highest BCUT2D eigenvalue weighted by Gasteiger charge is 2.14. The molecule has 0 aliphatic rings. The van der Waals surface area contributed by atoms with Gasteiger partial charge in [0, 0.05) is 17.3 Å². The fourth-order valence-electron chi connectivity index (χ4n) is 1.92. The highest BCUT2D eigenvalue weighted by atomic mass is 79.9. The molecule has 96 valence electrons. The van der Waals surface area contributed by atoms with Crippen LogP contribution in [-0.2, 0) is 12.8 Å². The van der Waals surface area contributed by atoms with Crippen molar-refractivity contribution >= 4 is 27.3 Å². The van der Waals surface area contributed by atoms with Gasteiger partial charge in [-0.2, -0.15) is 10.2 Å². The summed E-state index contributed by atoms with van der Waals surface area (Å²) in [6.45, 7) is 4.03. The predicted molar refractivity (Wildman–Crippen MR) is 78.8 cm³/mol. The molecule has 0 radical (unpaired) electrons. The Morgan fingerprint density at radius 2 is 2.17 bits per heavy atom. The Hall–Kier alpha value is -0.780. The van der Waals surface area contributed by atoms with Crippen molar-refractivity contribution in [1.82, 2.24) is 10.2 Å². The number of thiophene rings is 1. The van der Waals surface area contributed by atoms with Crippen LogP contribution in [0.4, 0.5) is 0 Å². The first-order chi connectivity index (χ1) is 8.60. The Balaban J connectivity index is 2.22. The minimum Gasteiger partial charge on any atom is -0.324 e. The van der Waals surface area contributed by atoms with Crippen molar-refractivity contribution in [1.29, 1.82) is 0 Å². The molecule has 2 aromatic rings. The largest absolute Gasteiger partial charge is 0.324 e. The molecule has 0 aromatic carbocycles. The van der Waals surface area contributed by atoms with E-state index >= 15 is 0 Å². The number of hydrogen-bond donors (Lipinski definition) is 1. The van der Waals surface area contributed by atoms with Gasteiger partial charge in [-0.05, 0) is 53.0 Å². The molecule has 0 saturated heterocycles. The SMILES string of the molecule is CCc1nnc(C)cc1C(N)Cc1ccc(Br)s1. The van der Waals surface area contributed by atoms with Gasteiger partial charge < -0.3 is 5.73 Å². The van der Waals surface area contributed by atoms with Gasteiger partial charge in [-0.25, -0.2) is 0 Å². The number of halogens is 1. The van der Waals surface area contributed by atoms with Crippen LogP contribution in [0.1, 0.15) is 34.8 Å². The molecule has 2 heterocycles. The van der Waals surface area contributed by atoms with Gasteiger partial charge in [0.1, 0.15) is 0 Å². The molecule has 2 aromatic heterocycles. The number of aromatic nitrogens is 2. The highest BCUT2D eigenvalue weighted by Crippen LogP contribution is 2.27. The first-order valence-electron chi connectivity index (χ1n) is 5.93. The summed E-state index contributed by atoms with van der Waals surface area (Å²) < 4.78 is 1.14. The first-order valence-corrected chi connectivity index (χ1v) is 7.54. The summed E-state index contributed by atoms with van der Waals surface area (Å²) in [5, 5.41) is 8.32. The Morgan fingerprint density at radius 3 is 2.78 bits per heavy atom. The zero-order chi connectivity index (χ0) is 13.1. The lowest BCUT2D eigenvalue weighted by molar-refractivity contribution is 0.698. The van der Waals surface area contributed by atoms with Crippen LogP contribution in [0.5, 0.6) is 0 Å². The molecule has 0 bridgehead atoms. The third-order valence-corrected chi connectivity index (χ3v) is 4.46. The normalized spacial score (nSPS) is 12.7. The average molecular weight is 326 g/mol. The Morgan fingerprint density at radius 1 is 1.39 bits per heavy atom. The predicted octanol–water partition coefficient (Wildman–Crippen LogP) is 3.41. The second kappa shape index (κ2) is 5.91. The van der Waals surface area contributed by atoms with E-state index < -0.39 is 0 Å². The number of aryl methyl sites for hydroxylation is 2. The second-order valence-corrected chi connectivity index (χ2v) is 6.81. The van der Waals surface area contributed by atoms with Gasteiger partial charge in [0.15, 0.2) is 0 Å². The first kappa shape index (κ1) is 13.6. The van der Waals surface area contributed by atoms with Crippen molar-refractivity contribution in [2.24, 2.45) is 5.73 Å². The lowest BCUT2D eigenvalue weighted by atomic mass is 10.0. The van der Waals surface area contributed by atoms with E-state index in [4.69, 9.17) is 5.73 Å². The standard InChI is InChI=1S/C13H16BrN3S/c1-3-12-10(6-8(2)16-17-12)11(15)7-9-4-5-13(14)18-9/h4-6,11H,3,7,15H2,1-2H3. The van der Waals surface area contributed by atoms with Gasteiger partial charge in [0.25, 0.3) is 0 Å². The smallest absolute Gasteiger partial charge is 0.0701 e. The Bertz CT molecular complexity index is 539. The monoisotopic (exact) mass is 325 g/mol. The van der Waals surface area contributed by atoms with Gasteiger partial charge >= 0.3 is 0 Å². The maximum absolute atomic E-state index is 6.31. The molecular formula is C13H16BrN3S. The molecular weight excluding hydrogens is 310 g/mol. The van der Waals surface area contributed by atoms with Crippen LogP contribution in [-0.4, -0.2) is 10.2 Å². The molecule has 3 nitrogen and oxygen atoms in total. The molecule has 0 fully saturated rings.